The first kappa shape index (κ1) is 25.8. The van der Waals surface area contributed by atoms with Crippen LogP contribution in [0.15, 0.2) is 97.1 Å². The van der Waals surface area contributed by atoms with Crippen LogP contribution in [0.25, 0.3) is 44.2 Å². The largest absolute Gasteiger partial charge is 0.309 e. The van der Waals surface area contributed by atoms with E-state index in [2.05, 4.69) is 150 Å². The zero-order valence-electron chi connectivity index (χ0n) is 26.7. The first-order chi connectivity index (χ1) is 21.1. The van der Waals surface area contributed by atoms with E-state index in [1.165, 1.54) is 100 Å². The Bertz CT molecular complexity index is 2260. The van der Waals surface area contributed by atoms with E-state index in [0.29, 0.717) is 0 Å². The Kier molecular flexibility index (Phi) is 4.87. The zero-order chi connectivity index (χ0) is 30.3. The topological polar surface area (TPSA) is 3.24 Å². The molecule has 0 spiro atoms. The van der Waals surface area contributed by atoms with Gasteiger partial charge in [-0.3, -0.25) is 0 Å². The molecule has 0 amide bonds. The Labute approximate surface area is 260 Å². The molecule has 6 aromatic rings. The Morgan fingerprint density at radius 1 is 0.455 bits per heavy atom. The molecule has 1 heteroatoms. The van der Waals surface area contributed by atoms with E-state index < -0.39 is 0 Å². The van der Waals surface area contributed by atoms with Crippen molar-refractivity contribution in [3.05, 3.63) is 136 Å². The molecule has 3 aliphatic rings. The van der Waals surface area contributed by atoms with Gasteiger partial charge in [-0.05, 0) is 118 Å². The van der Waals surface area contributed by atoms with Crippen LogP contribution in [-0.4, -0.2) is 0 Å². The van der Waals surface area contributed by atoms with Crippen molar-refractivity contribution >= 4 is 27.8 Å². The van der Waals surface area contributed by atoms with Crippen LogP contribution in [0.3, 0.4) is 0 Å². The van der Waals surface area contributed by atoms with Crippen LogP contribution >= 0.6 is 0 Å². The predicted octanol–water partition coefficient (Wildman–Crippen LogP) is 11.8. The number of anilines is 3. The SMILES string of the molecule is Cc1ccc(N2c3ccc(C)cc3-c3cccc4c5c(cc2c34)C(C)(C)c2cc3c(cc2-5)C(C)(C)c2ccccc2-3)c(C)c1. The number of benzene rings is 6. The van der Waals surface area contributed by atoms with Gasteiger partial charge in [-0.1, -0.05) is 99.5 Å². The number of aryl methyl sites for hydroxylation is 3. The summed E-state index contributed by atoms with van der Waals surface area (Å²) < 4.78 is 0. The summed E-state index contributed by atoms with van der Waals surface area (Å²) in [5.74, 6) is 0. The molecule has 0 N–H and O–H groups in total. The van der Waals surface area contributed by atoms with Gasteiger partial charge in [0.1, 0.15) is 0 Å². The summed E-state index contributed by atoms with van der Waals surface area (Å²) in [5.41, 5.74) is 21.5. The first-order valence-corrected chi connectivity index (χ1v) is 16.0. The van der Waals surface area contributed by atoms with E-state index in [0.717, 1.165) is 0 Å². The fourth-order valence-corrected chi connectivity index (χ4v) is 8.77. The summed E-state index contributed by atoms with van der Waals surface area (Å²) in [6.45, 7) is 16.3. The summed E-state index contributed by atoms with van der Waals surface area (Å²) in [6.07, 6.45) is 0. The summed E-state index contributed by atoms with van der Waals surface area (Å²) >= 11 is 0. The fraction of sp³-hybridized carbons (Fsp3) is 0.209. The average molecular weight is 568 g/mol. The molecule has 0 bridgehead atoms. The van der Waals surface area contributed by atoms with E-state index in [1.807, 2.05) is 0 Å². The quantitative estimate of drug-likeness (QED) is 0.191. The summed E-state index contributed by atoms with van der Waals surface area (Å²) in [5, 5.41) is 2.72. The number of rotatable bonds is 1. The Hall–Kier alpha value is -4.62. The second kappa shape index (κ2) is 8.30. The van der Waals surface area contributed by atoms with Crippen LogP contribution in [0.4, 0.5) is 17.1 Å². The second-order valence-corrected chi connectivity index (χ2v) is 14.4. The molecule has 2 aliphatic carbocycles. The lowest BCUT2D eigenvalue weighted by Gasteiger charge is -2.36. The maximum atomic E-state index is 2.55. The van der Waals surface area contributed by atoms with Gasteiger partial charge in [-0.25, -0.2) is 0 Å². The molecule has 0 saturated heterocycles. The summed E-state index contributed by atoms with van der Waals surface area (Å²) in [6, 6.07) is 37.5. The van der Waals surface area contributed by atoms with E-state index in [1.54, 1.807) is 0 Å². The molecule has 9 rings (SSSR count). The highest BCUT2D eigenvalue weighted by Gasteiger charge is 2.43. The number of hydrogen-bond acceptors (Lipinski definition) is 1. The Morgan fingerprint density at radius 3 is 1.91 bits per heavy atom. The van der Waals surface area contributed by atoms with Crippen LogP contribution in [0, 0.1) is 20.8 Å². The molecule has 1 aliphatic heterocycles. The molecule has 1 nitrogen and oxygen atoms in total. The van der Waals surface area contributed by atoms with E-state index >= 15 is 0 Å². The number of fused-ring (bicyclic) bond motifs is 9. The van der Waals surface area contributed by atoms with Gasteiger partial charge in [0.2, 0.25) is 0 Å². The van der Waals surface area contributed by atoms with Gasteiger partial charge in [0.15, 0.2) is 0 Å². The highest BCUT2D eigenvalue weighted by molar-refractivity contribution is 6.19. The van der Waals surface area contributed by atoms with Crippen LogP contribution in [-0.2, 0) is 10.8 Å². The maximum Gasteiger partial charge on any atom is 0.0550 e. The molecular formula is C43H37N. The molecule has 0 radical (unpaired) electrons. The van der Waals surface area contributed by atoms with E-state index in [9.17, 15) is 0 Å². The predicted molar refractivity (Wildman–Crippen MR) is 187 cm³/mol. The third-order valence-corrected chi connectivity index (χ3v) is 11.0. The van der Waals surface area contributed by atoms with Crippen molar-refractivity contribution in [1.82, 2.24) is 0 Å². The molecule has 0 atom stereocenters. The standard InChI is InChI=1S/C43H37N/c1-24-15-17-37(26(3)19-24)44-38-18-16-25(2)20-31(38)28-12-10-13-29-40-32-22-34-30(27-11-8-9-14-33(27)42(34,4)5)21-35(32)43(6,7)36(40)23-39(44)41(28)29/h8-23H,1-7H3. The van der Waals surface area contributed by atoms with Crippen LogP contribution in [0.5, 0.6) is 0 Å². The third kappa shape index (κ3) is 3.10. The van der Waals surface area contributed by atoms with Crippen LogP contribution < -0.4 is 4.90 Å². The maximum absolute atomic E-state index is 2.55. The molecular weight excluding hydrogens is 530 g/mol. The van der Waals surface area contributed by atoms with Gasteiger partial charge in [-0.15, -0.1) is 0 Å². The highest BCUT2D eigenvalue weighted by Crippen LogP contribution is 2.61. The molecule has 214 valence electrons. The minimum absolute atomic E-state index is 0.0313. The zero-order valence-corrected chi connectivity index (χ0v) is 26.7. The Morgan fingerprint density at radius 2 is 1.11 bits per heavy atom. The lowest BCUT2D eigenvalue weighted by Crippen LogP contribution is -2.19. The van der Waals surface area contributed by atoms with Gasteiger partial charge < -0.3 is 4.90 Å². The molecule has 44 heavy (non-hydrogen) atoms. The van der Waals surface area contributed by atoms with Gasteiger partial charge in [0.25, 0.3) is 0 Å². The van der Waals surface area contributed by atoms with Crippen molar-refractivity contribution in [3.63, 3.8) is 0 Å². The third-order valence-electron chi connectivity index (χ3n) is 11.0. The summed E-state index contributed by atoms with van der Waals surface area (Å²) in [4.78, 5) is 2.54. The molecule has 0 unspecified atom stereocenters. The summed E-state index contributed by atoms with van der Waals surface area (Å²) in [7, 11) is 0. The first-order valence-electron chi connectivity index (χ1n) is 16.0. The smallest absolute Gasteiger partial charge is 0.0550 e. The average Bonchev–Trinajstić information content (AvgIpc) is 3.36. The van der Waals surface area contributed by atoms with Crippen molar-refractivity contribution in [2.75, 3.05) is 4.90 Å². The van der Waals surface area contributed by atoms with Gasteiger partial charge in [0.05, 0.1) is 11.4 Å². The molecule has 0 saturated carbocycles. The molecule has 1 heterocycles. The van der Waals surface area contributed by atoms with Crippen LogP contribution in [0.1, 0.15) is 66.6 Å². The van der Waals surface area contributed by atoms with Crippen molar-refractivity contribution in [1.29, 1.82) is 0 Å². The molecule has 0 aromatic heterocycles. The molecule has 6 aromatic carbocycles. The van der Waals surface area contributed by atoms with Crippen molar-refractivity contribution in [2.45, 2.75) is 59.3 Å². The highest BCUT2D eigenvalue weighted by atomic mass is 15.2. The van der Waals surface area contributed by atoms with Gasteiger partial charge in [-0.2, -0.15) is 0 Å². The van der Waals surface area contributed by atoms with E-state index in [4.69, 9.17) is 0 Å². The monoisotopic (exact) mass is 567 g/mol. The fourth-order valence-electron chi connectivity index (χ4n) is 8.77. The normalized spacial score (nSPS) is 15.9. The van der Waals surface area contributed by atoms with Gasteiger partial charge >= 0.3 is 0 Å². The lowest BCUT2D eigenvalue weighted by molar-refractivity contribution is 0.652. The lowest BCUT2D eigenvalue weighted by atomic mass is 9.79. The van der Waals surface area contributed by atoms with E-state index in [-0.39, 0.29) is 10.8 Å². The number of hydrogen-bond donors (Lipinski definition) is 0. The van der Waals surface area contributed by atoms with Crippen molar-refractivity contribution in [3.8, 4) is 33.4 Å². The minimum Gasteiger partial charge on any atom is -0.309 e. The number of nitrogens with zero attached hydrogens (tertiary/aromatic N) is 1. The Balaban J connectivity index is 1.39. The van der Waals surface area contributed by atoms with Gasteiger partial charge in [0, 0.05) is 27.5 Å². The molecule has 0 fully saturated rings. The van der Waals surface area contributed by atoms with Crippen molar-refractivity contribution in [2.24, 2.45) is 0 Å². The van der Waals surface area contributed by atoms with Crippen molar-refractivity contribution < 1.29 is 0 Å². The minimum atomic E-state index is -0.135. The van der Waals surface area contributed by atoms with Crippen LogP contribution in [0.2, 0.25) is 0 Å². The second-order valence-electron chi connectivity index (χ2n) is 14.4.